The minimum atomic E-state index is -0.216. The summed E-state index contributed by atoms with van der Waals surface area (Å²) >= 11 is 0. The second kappa shape index (κ2) is 6.84. The first kappa shape index (κ1) is 16.1. The molecule has 2 atom stereocenters. The van der Waals surface area contributed by atoms with Crippen LogP contribution in [0, 0.1) is 0 Å². The molecule has 2 amide bonds. The van der Waals surface area contributed by atoms with Gasteiger partial charge >= 0.3 is 6.03 Å². The minimum Gasteiger partial charge on any atom is -0.366 e. The van der Waals surface area contributed by atoms with E-state index in [0.29, 0.717) is 32.2 Å². The van der Waals surface area contributed by atoms with Crippen molar-refractivity contribution in [3.05, 3.63) is 47.5 Å². The van der Waals surface area contributed by atoms with Crippen molar-refractivity contribution in [2.24, 2.45) is 0 Å². The number of carbonyl (C=O) groups excluding carboxylic acids is 1. The van der Waals surface area contributed by atoms with Crippen LogP contribution in [0.25, 0.3) is 0 Å². The fourth-order valence-corrected chi connectivity index (χ4v) is 3.61. The lowest BCUT2D eigenvalue weighted by molar-refractivity contribution is -0.0218. The Morgan fingerprint density at radius 2 is 2.28 bits per heavy atom. The Morgan fingerprint density at radius 3 is 3.12 bits per heavy atom. The van der Waals surface area contributed by atoms with Crippen molar-refractivity contribution < 1.29 is 9.53 Å². The lowest BCUT2D eigenvalue weighted by atomic mass is 9.78. The second-order valence-electron chi connectivity index (χ2n) is 6.57. The number of hydrogen-bond acceptors (Lipinski definition) is 4. The van der Waals surface area contributed by atoms with Gasteiger partial charge in [-0.2, -0.15) is 0 Å². The molecule has 7 heteroatoms. The average molecular weight is 341 g/mol. The molecule has 25 heavy (non-hydrogen) atoms. The summed E-state index contributed by atoms with van der Waals surface area (Å²) in [7, 11) is 0. The molecular weight excluding hydrogens is 318 g/mol. The van der Waals surface area contributed by atoms with Crippen LogP contribution < -0.4 is 5.32 Å². The van der Waals surface area contributed by atoms with Gasteiger partial charge in [0.05, 0.1) is 13.2 Å². The maximum absolute atomic E-state index is 12.5. The molecule has 1 N–H and O–H groups in total. The smallest absolute Gasteiger partial charge is 0.317 e. The fourth-order valence-electron chi connectivity index (χ4n) is 3.61. The molecule has 132 valence electrons. The van der Waals surface area contributed by atoms with Gasteiger partial charge in [-0.15, -0.1) is 10.2 Å². The van der Waals surface area contributed by atoms with Crippen LogP contribution in [0.2, 0.25) is 0 Å². The van der Waals surface area contributed by atoms with Crippen LogP contribution in [-0.2, 0) is 17.7 Å². The second-order valence-corrected chi connectivity index (χ2v) is 6.57. The van der Waals surface area contributed by atoms with Gasteiger partial charge in [0.25, 0.3) is 0 Å². The summed E-state index contributed by atoms with van der Waals surface area (Å²) in [6, 6.07) is 8.40. The molecular formula is C18H23N5O2. The monoisotopic (exact) mass is 341 g/mol. The molecule has 0 unspecified atom stereocenters. The van der Waals surface area contributed by atoms with Crippen LogP contribution in [0.5, 0.6) is 0 Å². The predicted molar refractivity (Wildman–Crippen MR) is 92.2 cm³/mol. The maximum atomic E-state index is 12.5. The Balaban J connectivity index is 1.33. The van der Waals surface area contributed by atoms with Gasteiger partial charge in [0.1, 0.15) is 12.4 Å². The third-order valence-electron chi connectivity index (χ3n) is 5.09. The van der Waals surface area contributed by atoms with E-state index in [9.17, 15) is 4.79 Å². The lowest BCUT2D eigenvalue weighted by Gasteiger charge is -2.34. The molecule has 0 spiro atoms. The number of ether oxygens (including phenoxy) is 1. The van der Waals surface area contributed by atoms with Crippen molar-refractivity contribution in [1.82, 2.24) is 25.0 Å². The molecule has 1 aromatic carbocycles. The Morgan fingerprint density at radius 1 is 1.40 bits per heavy atom. The first-order chi connectivity index (χ1) is 12.3. The number of rotatable bonds is 4. The zero-order valence-corrected chi connectivity index (χ0v) is 14.4. The number of morpholine rings is 1. The van der Waals surface area contributed by atoms with Gasteiger partial charge in [-0.3, -0.25) is 0 Å². The third-order valence-corrected chi connectivity index (χ3v) is 5.09. The van der Waals surface area contributed by atoms with E-state index < -0.39 is 0 Å². The van der Waals surface area contributed by atoms with Crippen LogP contribution in [0.1, 0.15) is 35.9 Å². The Bertz CT molecular complexity index is 759. The van der Waals surface area contributed by atoms with Crippen LogP contribution in [0.4, 0.5) is 4.79 Å². The molecule has 7 nitrogen and oxygen atoms in total. The minimum absolute atomic E-state index is 0.0276. The highest BCUT2D eigenvalue weighted by atomic mass is 16.5. The third kappa shape index (κ3) is 3.11. The number of fused-ring (bicyclic) bond motifs is 1. The molecule has 2 aromatic rings. The van der Waals surface area contributed by atoms with Gasteiger partial charge in [-0.25, -0.2) is 4.79 Å². The molecule has 1 aromatic heterocycles. The highest BCUT2D eigenvalue weighted by molar-refractivity contribution is 5.74. The number of amides is 2. The molecule has 0 saturated carbocycles. The van der Waals surface area contributed by atoms with E-state index in [2.05, 4.69) is 39.8 Å². The molecule has 1 aliphatic heterocycles. The number of aromatic nitrogens is 3. The summed E-state index contributed by atoms with van der Waals surface area (Å²) in [5, 5.41) is 11.2. The van der Waals surface area contributed by atoms with Crippen LogP contribution >= 0.6 is 0 Å². The highest BCUT2D eigenvalue weighted by Crippen LogP contribution is 2.34. The first-order valence-electron chi connectivity index (χ1n) is 8.86. The lowest BCUT2D eigenvalue weighted by Crippen LogP contribution is -2.48. The van der Waals surface area contributed by atoms with Gasteiger partial charge in [-0.1, -0.05) is 24.3 Å². The number of carbonyl (C=O) groups is 1. The van der Waals surface area contributed by atoms with E-state index in [4.69, 9.17) is 4.74 Å². The maximum Gasteiger partial charge on any atom is 0.317 e. The molecule has 1 fully saturated rings. The largest absolute Gasteiger partial charge is 0.366 e. The van der Waals surface area contributed by atoms with E-state index in [1.165, 1.54) is 11.1 Å². The van der Waals surface area contributed by atoms with E-state index in [0.717, 1.165) is 18.8 Å². The average Bonchev–Trinajstić information content (AvgIpc) is 3.11. The Labute approximate surface area is 147 Å². The fraction of sp³-hybridized carbons (Fsp3) is 0.500. The molecule has 0 bridgehead atoms. The van der Waals surface area contributed by atoms with Gasteiger partial charge in [-0.05, 0) is 24.5 Å². The predicted octanol–water partition coefficient (Wildman–Crippen LogP) is 1.72. The number of urea groups is 1. The SMILES string of the molecule is CCn1cnnc1[C@H]1CN(C(=O)NC[C@@H]2Cc3ccccc32)CCO1. The van der Waals surface area contributed by atoms with Gasteiger partial charge in [0.2, 0.25) is 0 Å². The molecule has 2 heterocycles. The van der Waals surface area contributed by atoms with E-state index in [1.54, 1.807) is 6.33 Å². The van der Waals surface area contributed by atoms with E-state index >= 15 is 0 Å². The quantitative estimate of drug-likeness (QED) is 0.919. The van der Waals surface area contributed by atoms with Gasteiger partial charge < -0.3 is 19.5 Å². The van der Waals surface area contributed by atoms with Gasteiger partial charge in [0.15, 0.2) is 5.82 Å². The van der Waals surface area contributed by atoms with Crippen molar-refractivity contribution >= 4 is 6.03 Å². The zero-order chi connectivity index (χ0) is 17.2. The van der Waals surface area contributed by atoms with Crippen molar-refractivity contribution in [3.8, 4) is 0 Å². The number of aryl methyl sites for hydroxylation is 1. The summed E-state index contributed by atoms with van der Waals surface area (Å²) in [6.45, 7) is 5.13. The highest BCUT2D eigenvalue weighted by Gasteiger charge is 2.30. The van der Waals surface area contributed by atoms with Crippen molar-refractivity contribution in [1.29, 1.82) is 0 Å². The number of hydrogen-bond donors (Lipinski definition) is 1. The molecule has 0 radical (unpaired) electrons. The van der Waals surface area contributed by atoms with Crippen molar-refractivity contribution in [2.75, 3.05) is 26.2 Å². The van der Waals surface area contributed by atoms with Crippen LogP contribution in [0.15, 0.2) is 30.6 Å². The summed E-state index contributed by atoms with van der Waals surface area (Å²) in [5.74, 6) is 1.22. The van der Waals surface area contributed by atoms with E-state index in [1.807, 2.05) is 16.4 Å². The van der Waals surface area contributed by atoms with Gasteiger partial charge in [0, 0.05) is 25.6 Å². The zero-order valence-electron chi connectivity index (χ0n) is 14.4. The first-order valence-corrected chi connectivity index (χ1v) is 8.86. The summed E-state index contributed by atoms with van der Waals surface area (Å²) in [6.07, 6.45) is 2.53. The molecule has 2 aliphatic rings. The molecule has 1 aliphatic carbocycles. The van der Waals surface area contributed by atoms with Crippen molar-refractivity contribution in [2.45, 2.75) is 31.9 Å². The van der Waals surface area contributed by atoms with Crippen molar-refractivity contribution in [3.63, 3.8) is 0 Å². The van der Waals surface area contributed by atoms with Crippen LogP contribution in [0.3, 0.4) is 0 Å². The number of nitrogens with one attached hydrogen (secondary N) is 1. The molecule has 1 saturated heterocycles. The number of nitrogens with zero attached hydrogens (tertiary/aromatic N) is 4. The normalized spacial score (nSPS) is 22.2. The molecule has 4 rings (SSSR count). The summed E-state index contributed by atoms with van der Waals surface area (Å²) in [5.41, 5.74) is 2.76. The topological polar surface area (TPSA) is 72.3 Å². The summed E-state index contributed by atoms with van der Waals surface area (Å²) < 4.78 is 7.76. The van der Waals surface area contributed by atoms with Crippen LogP contribution in [-0.4, -0.2) is 51.9 Å². The summed E-state index contributed by atoms with van der Waals surface area (Å²) in [4.78, 5) is 14.4. The van der Waals surface area contributed by atoms with E-state index in [-0.39, 0.29) is 12.1 Å². The standard InChI is InChI=1S/C18H23N5O2/c1-2-22-12-20-21-17(22)16-11-23(7-8-25-16)18(24)19-10-14-9-13-5-3-4-6-15(13)14/h3-6,12,14,16H,2,7-11H2,1H3,(H,19,24)/t14-,16+/m0/s1. The Kier molecular flexibility index (Phi) is 4.40. The Hall–Kier alpha value is -2.41. The number of benzene rings is 1.